The first-order chi connectivity index (χ1) is 17.0. The zero-order valence-corrected chi connectivity index (χ0v) is 22.4. The van der Waals surface area contributed by atoms with Crippen LogP contribution in [-0.2, 0) is 27.4 Å². The Bertz CT molecular complexity index is 892. The summed E-state index contributed by atoms with van der Waals surface area (Å²) in [5, 5.41) is 0. The Balaban J connectivity index is 1.65. The third-order valence-electron chi connectivity index (χ3n) is 6.58. The van der Waals surface area contributed by atoms with Crippen molar-refractivity contribution in [2.75, 3.05) is 19.7 Å². The summed E-state index contributed by atoms with van der Waals surface area (Å²) in [5.41, 5.74) is 1.10. The number of carbonyl (C=O) groups excluding carboxylic acids is 2. The summed E-state index contributed by atoms with van der Waals surface area (Å²) in [7, 11) is 0. The maximum absolute atomic E-state index is 13.6. The summed E-state index contributed by atoms with van der Waals surface area (Å²) < 4.78 is 5.82. The van der Waals surface area contributed by atoms with Gasteiger partial charge in [-0.15, -0.1) is 11.3 Å². The monoisotopic (exact) mass is 498 g/mol. The Morgan fingerprint density at radius 1 is 0.943 bits per heavy atom. The van der Waals surface area contributed by atoms with E-state index in [0.29, 0.717) is 26.1 Å². The van der Waals surface area contributed by atoms with Crippen LogP contribution < -0.4 is 0 Å². The smallest absolute Gasteiger partial charge is 0.242 e. The van der Waals surface area contributed by atoms with Crippen LogP contribution >= 0.6 is 11.3 Å². The number of carbonyl (C=O) groups is 2. The Morgan fingerprint density at radius 2 is 1.71 bits per heavy atom. The minimum Gasteiger partial charge on any atom is -0.376 e. The number of amides is 2. The van der Waals surface area contributed by atoms with Crippen molar-refractivity contribution in [3.63, 3.8) is 0 Å². The molecule has 0 N–H and O–H groups in total. The van der Waals surface area contributed by atoms with Gasteiger partial charge in [0.1, 0.15) is 0 Å². The molecule has 6 heteroatoms. The first-order valence-electron chi connectivity index (χ1n) is 13.3. The van der Waals surface area contributed by atoms with Gasteiger partial charge in [0, 0.05) is 35.9 Å². The SMILES string of the molecule is CCCCCCCCC(=O)N(CC(=O)N(Cc1ccccc1)Cc1ccc(C)s1)CC1CCCO1. The van der Waals surface area contributed by atoms with Gasteiger partial charge >= 0.3 is 0 Å². The topological polar surface area (TPSA) is 49.9 Å². The van der Waals surface area contributed by atoms with E-state index in [0.717, 1.165) is 42.7 Å². The van der Waals surface area contributed by atoms with E-state index in [-0.39, 0.29) is 24.5 Å². The quantitative estimate of drug-likeness (QED) is 0.269. The number of nitrogens with zero attached hydrogens (tertiary/aromatic N) is 2. The van der Waals surface area contributed by atoms with E-state index in [1.54, 1.807) is 16.2 Å². The lowest BCUT2D eigenvalue weighted by molar-refractivity contribution is -0.142. The van der Waals surface area contributed by atoms with Gasteiger partial charge in [0.25, 0.3) is 0 Å². The average molecular weight is 499 g/mol. The van der Waals surface area contributed by atoms with Crippen molar-refractivity contribution in [2.24, 2.45) is 0 Å². The lowest BCUT2D eigenvalue weighted by atomic mass is 10.1. The van der Waals surface area contributed by atoms with Crippen molar-refractivity contribution in [2.45, 2.75) is 90.8 Å². The predicted octanol–water partition coefficient (Wildman–Crippen LogP) is 6.34. The van der Waals surface area contributed by atoms with Crippen LogP contribution in [0.4, 0.5) is 0 Å². The fourth-order valence-electron chi connectivity index (χ4n) is 4.56. The number of thiophene rings is 1. The molecule has 1 atom stereocenters. The number of rotatable bonds is 15. The van der Waals surface area contributed by atoms with Gasteiger partial charge in [-0.2, -0.15) is 0 Å². The molecule has 1 aromatic heterocycles. The Labute approximate surface area is 215 Å². The summed E-state index contributed by atoms with van der Waals surface area (Å²) in [6.07, 6.45) is 9.39. The number of ether oxygens (including phenoxy) is 1. The molecule has 2 aromatic rings. The summed E-state index contributed by atoms with van der Waals surface area (Å²) in [5.74, 6) is 0.0742. The summed E-state index contributed by atoms with van der Waals surface area (Å²) in [6, 6.07) is 14.3. The van der Waals surface area contributed by atoms with Crippen molar-refractivity contribution in [1.82, 2.24) is 9.80 Å². The van der Waals surface area contributed by atoms with E-state index in [1.165, 1.54) is 30.6 Å². The van der Waals surface area contributed by atoms with Crippen LogP contribution in [0.25, 0.3) is 0 Å². The standard InChI is InChI=1S/C29H42N2O3S/c1-3-4-5-6-7-11-16-28(32)31(21-26-15-12-19-34-26)23-29(33)30(20-25-13-9-8-10-14-25)22-27-18-17-24(2)35-27/h8-10,13-14,17-18,26H,3-7,11-12,15-16,19-23H2,1-2H3. The van der Waals surface area contributed by atoms with Crippen molar-refractivity contribution in [3.8, 4) is 0 Å². The molecule has 0 spiro atoms. The molecule has 1 unspecified atom stereocenters. The van der Waals surface area contributed by atoms with Gasteiger partial charge in [-0.3, -0.25) is 9.59 Å². The lowest BCUT2D eigenvalue weighted by Crippen LogP contribution is -2.45. The summed E-state index contributed by atoms with van der Waals surface area (Å²) in [4.78, 5) is 32.8. The Kier molecular flexibility index (Phi) is 11.8. The fourth-order valence-corrected chi connectivity index (χ4v) is 5.47. The number of unbranched alkanes of at least 4 members (excludes halogenated alkanes) is 5. The molecule has 0 bridgehead atoms. The Morgan fingerprint density at radius 3 is 2.40 bits per heavy atom. The first-order valence-corrected chi connectivity index (χ1v) is 14.1. The highest BCUT2D eigenvalue weighted by atomic mass is 32.1. The molecular formula is C29H42N2O3S. The van der Waals surface area contributed by atoms with Crippen molar-refractivity contribution in [1.29, 1.82) is 0 Å². The highest BCUT2D eigenvalue weighted by Gasteiger charge is 2.26. The maximum Gasteiger partial charge on any atom is 0.242 e. The van der Waals surface area contributed by atoms with Crippen LogP contribution in [0.3, 0.4) is 0 Å². The van der Waals surface area contributed by atoms with Crippen molar-refractivity contribution < 1.29 is 14.3 Å². The molecule has 1 saturated heterocycles. The van der Waals surface area contributed by atoms with Gasteiger partial charge in [-0.1, -0.05) is 69.4 Å². The van der Waals surface area contributed by atoms with Gasteiger partial charge in [0.05, 0.1) is 19.2 Å². The second kappa shape index (κ2) is 15.0. The molecule has 2 heterocycles. The van der Waals surface area contributed by atoms with E-state index in [4.69, 9.17) is 4.74 Å². The van der Waals surface area contributed by atoms with Crippen LogP contribution in [0.15, 0.2) is 42.5 Å². The molecular weight excluding hydrogens is 456 g/mol. The molecule has 0 aliphatic carbocycles. The van der Waals surface area contributed by atoms with E-state index < -0.39 is 0 Å². The second-order valence-electron chi connectivity index (χ2n) is 9.67. The highest BCUT2D eigenvalue weighted by molar-refractivity contribution is 7.11. The van der Waals surface area contributed by atoms with Gasteiger partial charge in [0.15, 0.2) is 0 Å². The number of aryl methyl sites for hydroxylation is 1. The van der Waals surface area contributed by atoms with E-state index >= 15 is 0 Å². The normalized spacial score (nSPS) is 15.3. The number of hydrogen-bond donors (Lipinski definition) is 0. The zero-order chi connectivity index (χ0) is 24.9. The third-order valence-corrected chi connectivity index (χ3v) is 7.57. The number of benzene rings is 1. The lowest BCUT2D eigenvalue weighted by Gasteiger charge is -2.29. The highest BCUT2D eigenvalue weighted by Crippen LogP contribution is 2.20. The van der Waals surface area contributed by atoms with E-state index in [2.05, 4.69) is 26.0 Å². The molecule has 1 aliphatic heterocycles. The largest absolute Gasteiger partial charge is 0.376 e. The molecule has 0 saturated carbocycles. The molecule has 35 heavy (non-hydrogen) atoms. The van der Waals surface area contributed by atoms with E-state index in [1.807, 2.05) is 35.2 Å². The molecule has 0 radical (unpaired) electrons. The summed E-state index contributed by atoms with van der Waals surface area (Å²) in [6.45, 7) is 6.77. The third kappa shape index (κ3) is 9.77. The van der Waals surface area contributed by atoms with Crippen LogP contribution in [0, 0.1) is 6.92 Å². The predicted molar refractivity (Wildman–Crippen MR) is 143 cm³/mol. The second-order valence-corrected chi connectivity index (χ2v) is 11.0. The van der Waals surface area contributed by atoms with Crippen LogP contribution in [-0.4, -0.2) is 47.4 Å². The van der Waals surface area contributed by atoms with Crippen LogP contribution in [0.1, 0.15) is 80.0 Å². The summed E-state index contributed by atoms with van der Waals surface area (Å²) >= 11 is 1.72. The fraction of sp³-hybridized carbons (Fsp3) is 0.586. The number of hydrogen-bond acceptors (Lipinski definition) is 4. The van der Waals surface area contributed by atoms with Crippen molar-refractivity contribution >= 4 is 23.2 Å². The Hall–Kier alpha value is -2.18. The van der Waals surface area contributed by atoms with Gasteiger partial charge in [0.2, 0.25) is 11.8 Å². The van der Waals surface area contributed by atoms with E-state index in [9.17, 15) is 9.59 Å². The molecule has 1 aromatic carbocycles. The minimum atomic E-state index is -0.00537. The maximum atomic E-state index is 13.6. The first kappa shape index (κ1) is 27.4. The van der Waals surface area contributed by atoms with Gasteiger partial charge in [-0.25, -0.2) is 0 Å². The average Bonchev–Trinajstić information content (AvgIpc) is 3.52. The molecule has 5 nitrogen and oxygen atoms in total. The minimum absolute atomic E-state index is 0.00537. The molecule has 1 aliphatic rings. The van der Waals surface area contributed by atoms with Gasteiger partial charge in [-0.05, 0) is 43.9 Å². The molecule has 1 fully saturated rings. The van der Waals surface area contributed by atoms with Crippen molar-refractivity contribution in [3.05, 3.63) is 57.8 Å². The molecule has 2 amide bonds. The zero-order valence-electron chi connectivity index (χ0n) is 21.5. The molecule has 3 rings (SSSR count). The van der Waals surface area contributed by atoms with Crippen LogP contribution in [0.2, 0.25) is 0 Å². The van der Waals surface area contributed by atoms with Crippen LogP contribution in [0.5, 0.6) is 0 Å². The van der Waals surface area contributed by atoms with Gasteiger partial charge < -0.3 is 14.5 Å². The molecule has 192 valence electrons.